The Kier molecular flexibility index (Phi) is 7.16. The summed E-state index contributed by atoms with van der Waals surface area (Å²) in [6, 6.07) is 23.1. The predicted molar refractivity (Wildman–Crippen MR) is 155 cm³/mol. The number of anilines is 1. The highest BCUT2D eigenvalue weighted by molar-refractivity contribution is 9.10. The van der Waals surface area contributed by atoms with Crippen LogP contribution in [0, 0.1) is 0 Å². The van der Waals surface area contributed by atoms with Crippen LogP contribution in [0.1, 0.15) is 30.0 Å². The van der Waals surface area contributed by atoms with E-state index in [2.05, 4.69) is 31.3 Å². The molecule has 1 N–H and O–H groups in total. The zero-order valence-corrected chi connectivity index (χ0v) is 23.5. The monoisotopic (exact) mass is 602 g/mol. The highest BCUT2D eigenvalue weighted by Crippen LogP contribution is 2.33. The van der Waals surface area contributed by atoms with Gasteiger partial charge in [-0.1, -0.05) is 48.5 Å². The van der Waals surface area contributed by atoms with Crippen molar-refractivity contribution in [1.82, 2.24) is 23.9 Å². The largest absolute Gasteiger partial charge is 0.366 e. The Labute approximate surface area is 235 Å². The van der Waals surface area contributed by atoms with Crippen LogP contribution in [-0.4, -0.2) is 45.4 Å². The van der Waals surface area contributed by atoms with E-state index in [9.17, 15) is 8.42 Å². The molecule has 198 valence electrons. The molecule has 3 aromatic heterocycles. The molecular formula is C29H27BrN6O2S. The molecule has 5 aromatic rings. The van der Waals surface area contributed by atoms with Gasteiger partial charge in [-0.2, -0.15) is 13.9 Å². The van der Waals surface area contributed by atoms with Gasteiger partial charge in [-0.15, -0.1) is 0 Å². The molecule has 4 heterocycles. The lowest BCUT2D eigenvalue weighted by molar-refractivity contribution is 0.317. The van der Waals surface area contributed by atoms with Crippen LogP contribution >= 0.6 is 15.9 Å². The molecule has 0 atom stereocenters. The number of piperidine rings is 1. The van der Waals surface area contributed by atoms with Gasteiger partial charge < -0.3 is 5.32 Å². The van der Waals surface area contributed by atoms with Crippen LogP contribution in [0.2, 0.25) is 0 Å². The molecule has 0 bridgehead atoms. The van der Waals surface area contributed by atoms with Gasteiger partial charge in [0.2, 0.25) is 10.0 Å². The third kappa shape index (κ3) is 5.32. The number of pyridine rings is 1. The van der Waals surface area contributed by atoms with Gasteiger partial charge in [0.25, 0.3) is 0 Å². The summed E-state index contributed by atoms with van der Waals surface area (Å²) in [5, 5.41) is 7.92. The summed E-state index contributed by atoms with van der Waals surface area (Å²) < 4.78 is 31.0. The SMILES string of the molecule is O=S(=O)(c1ccc(-c2ccccc2)cc1)N1CCC(c2cc(NCc3cccnc3)n3ncc(Br)c3n2)CC1. The van der Waals surface area contributed by atoms with Gasteiger partial charge in [-0.3, -0.25) is 4.98 Å². The van der Waals surface area contributed by atoms with Crippen molar-refractivity contribution in [2.45, 2.75) is 30.2 Å². The molecule has 39 heavy (non-hydrogen) atoms. The summed E-state index contributed by atoms with van der Waals surface area (Å²) in [7, 11) is -3.57. The van der Waals surface area contributed by atoms with E-state index in [1.54, 1.807) is 33.3 Å². The Bertz CT molecular complexity index is 1690. The van der Waals surface area contributed by atoms with Crippen molar-refractivity contribution in [3.05, 3.63) is 107 Å². The molecule has 2 aromatic carbocycles. The molecule has 10 heteroatoms. The molecule has 1 saturated heterocycles. The van der Waals surface area contributed by atoms with Crippen molar-refractivity contribution in [3.8, 4) is 11.1 Å². The third-order valence-corrected chi connectivity index (χ3v) is 9.59. The second kappa shape index (κ2) is 10.9. The minimum atomic E-state index is -3.57. The maximum absolute atomic E-state index is 13.4. The van der Waals surface area contributed by atoms with E-state index >= 15 is 0 Å². The molecule has 0 spiro atoms. The summed E-state index contributed by atoms with van der Waals surface area (Å²) in [5.41, 5.74) is 4.78. The standard InChI is InChI=1S/C29H27BrN6O2S/c30-26-20-33-36-28(32-19-21-5-4-14-31-18-21)17-27(34-29(26)36)24-12-15-35(16-13-24)39(37,38)25-10-8-23(9-11-25)22-6-2-1-3-7-22/h1-11,14,17-18,20,24,32H,12-13,15-16,19H2. The van der Waals surface area contributed by atoms with Crippen molar-refractivity contribution in [2.75, 3.05) is 18.4 Å². The van der Waals surface area contributed by atoms with E-state index in [1.807, 2.05) is 66.9 Å². The molecule has 6 rings (SSSR count). The first-order valence-electron chi connectivity index (χ1n) is 12.8. The van der Waals surface area contributed by atoms with Gasteiger partial charge in [-0.05, 0) is 63.7 Å². The molecule has 0 unspecified atom stereocenters. The first-order valence-corrected chi connectivity index (χ1v) is 15.0. The number of nitrogens with zero attached hydrogens (tertiary/aromatic N) is 5. The van der Waals surface area contributed by atoms with Gasteiger partial charge in [0.05, 0.1) is 15.6 Å². The molecule has 1 aliphatic heterocycles. The number of fused-ring (bicyclic) bond motifs is 1. The Balaban J connectivity index is 1.18. The van der Waals surface area contributed by atoms with E-state index in [0.717, 1.165) is 38.3 Å². The lowest BCUT2D eigenvalue weighted by Crippen LogP contribution is -2.38. The Morgan fingerprint density at radius 3 is 2.38 bits per heavy atom. The number of rotatable bonds is 7. The Hall–Kier alpha value is -3.60. The Morgan fingerprint density at radius 2 is 1.67 bits per heavy atom. The summed E-state index contributed by atoms with van der Waals surface area (Å²) >= 11 is 3.57. The number of halogens is 1. The van der Waals surface area contributed by atoms with Crippen LogP contribution in [0.25, 0.3) is 16.8 Å². The number of nitrogens with one attached hydrogen (secondary N) is 1. The minimum Gasteiger partial charge on any atom is -0.366 e. The number of aromatic nitrogens is 4. The molecule has 1 aliphatic rings. The summed E-state index contributed by atoms with van der Waals surface area (Å²) in [5.74, 6) is 0.973. The molecule has 0 amide bonds. The summed E-state index contributed by atoms with van der Waals surface area (Å²) in [6.07, 6.45) is 6.70. The van der Waals surface area contributed by atoms with Crippen LogP contribution in [0.3, 0.4) is 0 Å². The fourth-order valence-corrected chi connectivity index (χ4v) is 6.79. The van der Waals surface area contributed by atoms with Gasteiger partial charge in [0.15, 0.2) is 5.65 Å². The highest BCUT2D eigenvalue weighted by atomic mass is 79.9. The number of sulfonamides is 1. The fourth-order valence-electron chi connectivity index (χ4n) is 4.98. The minimum absolute atomic E-state index is 0.141. The van der Waals surface area contributed by atoms with Crippen molar-refractivity contribution in [3.63, 3.8) is 0 Å². The van der Waals surface area contributed by atoms with Gasteiger partial charge in [0.1, 0.15) is 5.82 Å². The summed E-state index contributed by atoms with van der Waals surface area (Å²) in [6.45, 7) is 1.49. The lowest BCUT2D eigenvalue weighted by atomic mass is 9.94. The topological polar surface area (TPSA) is 92.5 Å². The number of benzene rings is 2. The van der Waals surface area contributed by atoms with Crippen molar-refractivity contribution >= 4 is 37.4 Å². The maximum atomic E-state index is 13.4. The second-order valence-electron chi connectivity index (χ2n) is 9.58. The molecule has 0 radical (unpaired) electrons. The number of hydrogen-bond acceptors (Lipinski definition) is 6. The van der Waals surface area contributed by atoms with E-state index in [1.165, 1.54) is 0 Å². The van der Waals surface area contributed by atoms with Gasteiger partial charge in [0, 0.05) is 49.7 Å². The highest BCUT2D eigenvalue weighted by Gasteiger charge is 2.31. The van der Waals surface area contributed by atoms with Gasteiger partial charge in [-0.25, -0.2) is 13.4 Å². The average molecular weight is 604 g/mol. The van der Waals surface area contributed by atoms with Crippen LogP contribution < -0.4 is 5.32 Å². The quantitative estimate of drug-likeness (QED) is 0.255. The summed E-state index contributed by atoms with van der Waals surface area (Å²) in [4.78, 5) is 9.40. The van der Waals surface area contributed by atoms with Crippen molar-refractivity contribution in [2.24, 2.45) is 0 Å². The number of hydrogen-bond donors (Lipinski definition) is 1. The van der Waals surface area contributed by atoms with Crippen LogP contribution in [0.5, 0.6) is 0 Å². The van der Waals surface area contributed by atoms with Crippen LogP contribution in [-0.2, 0) is 16.6 Å². The van der Waals surface area contributed by atoms with E-state index in [-0.39, 0.29) is 5.92 Å². The van der Waals surface area contributed by atoms with E-state index in [0.29, 0.717) is 37.4 Å². The molecular weight excluding hydrogens is 576 g/mol. The smallest absolute Gasteiger partial charge is 0.243 e. The molecule has 8 nitrogen and oxygen atoms in total. The first-order chi connectivity index (χ1) is 19.0. The Morgan fingerprint density at radius 1 is 0.923 bits per heavy atom. The zero-order valence-electron chi connectivity index (χ0n) is 21.1. The second-order valence-corrected chi connectivity index (χ2v) is 12.4. The van der Waals surface area contributed by atoms with E-state index < -0.39 is 10.0 Å². The molecule has 0 saturated carbocycles. The average Bonchev–Trinajstić information content (AvgIpc) is 3.37. The van der Waals surface area contributed by atoms with Crippen LogP contribution in [0.4, 0.5) is 5.82 Å². The zero-order chi connectivity index (χ0) is 26.8. The van der Waals surface area contributed by atoms with E-state index in [4.69, 9.17) is 4.98 Å². The van der Waals surface area contributed by atoms with Crippen molar-refractivity contribution in [1.29, 1.82) is 0 Å². The molecule has 1 fully saturated rings. The van der Waals surface area contributed by atoms with Crippen molar-refractivity contribution < 1.29 is 8.42 Å². The lowest BCUT2D eigenvalue weighted by Gasteiger charge is -2.31. The maximum Gasteiger partial charge on any atom is 0.243 e. The predicted octanol–water partition coefficient (Wildman–Crippen LogP) is 5.73. The van der Waals surface area contributed by atoms with Crippen LogP contribution in [0.15, 0.2) is 101 Å². The molecule has 0 aliphatic carbocycles. The first kappa shape index (κ1) is 25.7. The fraction of sp³-hybridized carbons (Fsp3) is 0.207. The normalized spacial score (nSPS) is 15.0. The third-order valence-electron chi connectivity index (χ3n) is 7.12. The van der Waals surface area contributed by atoms with Gasteiger partial charge >= 0.3 is 0 Å².